The van der Waals surface area contributed by atoms with E-state index < -0.39 is 5.54 Å². The Labute approximate surface area is 125 Å². The van der Waals surface area contributed by atoms with Crippen molar-refractivity contribution in [1.82, 2.24) is 5.32 Å². The van der Waals surface area contributed by atoms with E-state index in [1.165, 1.54) is 0 Å². The van der Waals surface area contributed by atoms with E-state index in [9.17, 15) is 9.59 Å². The monoisotopic (exact) mass is 289 g/mol. The molecule has 1 unspecified atom stereocenters. The van der Waals surface area contributed by atoms with E-state index in [4.69, 9.17) is 5.73 Å². The third kappa shape index (κ3) is 3.42. The maximum absolute atomic E-state index is 12.0. The number of nitrogens with one attached hydrogen (secondary N) is 1. The number of rotatable bonds is 6. The van der Waals surface area contributed by atoms with Gasteiger partial charge in [0.1, 0.15) is 0 Å². The lowest BCUT2D eigenvalue weighted by Gasteiger charge is -2.24. The van der Waals surface area contributed by atoms with Crippen LogP contribution >= 0.6 is 0 Å². The van der Waals surface area contributed by atoms with Crippen LogP contribution in [0.25, 0.3) is 0 Å². The number of para-hydroxylation sites is 1. The number of hydrogen-bond donors (Lipinski definition) is 2. The molecule has 114 valence electrons. The minimum atomic E-state index is -0.846. The lowest BCUT2D eigenvalue weighted by atomic mass is 9.97. The first-order valence-corrected chi connectivity index (χ1v) is 7.41. The molecule has 5 nitrogen and oxygen atoms in total. The molecule has 1 atom stereocenters. The zero-order valence-corrected chi connectivity index (χ0v) is 12.7. The van der Waals surface area contributed by atoms with E-state index in [1.807, 2.05) is 31.2 Å². The Hall–Kier alpha value is -1.88. The van der Waals surface area contributed by atoms with Crippen LogP contribution in [0.5, 0.6) is 0 Å². The van der Waals surface area contributed by atoms with Gasteiger partial charge in [0.15, 0.2) is 0 Å². The molecule has 0 spiro atoms. The van der Waals surface area contributed by atoms with Crippen molar-refractivity contribution in [2.45, 2.75) is 38.6 Å². The number of nitrogens with two attached hydrogens (primary N) is 1. The molecule has 2 rings (SSSR count). The van der Waals surface area contributed by atoms with Gasteiger partial charge in [0.25, 0.3) is 0 Å². The average molecular weight is 289 g/mol. The van der Waals surface area contributed by atoms with Crippen LogP contribution in [0, 0.1) is 0 Å². The van der Waals surface area contributed by atoms with Gasteiger partial charge in [-0.1, -0.05) is 31.5 Å². The highest BCUT2D eigenvalue weighted by Crippen LogP contribution is 2.27. The highest BCUT2D eigenvalue weighted by atomic mass is 16.2. The van der Waals surface area contributed by atoms with Crippen molar-refractivity contribution in [3.63, 3.8) is 0 Å². The Morgan fingerprint density at radius 3 is 2.86 bits per heavy atom. The van der Waals surface area contributed by atoms with Crippen molar-refractivity contribution in [2.75, 3.05) is 18.0 Å². The van der Waals surface area contributed by atoms with Crippen molar-refractivity contribution in [2.24, 2.45) is 5.73 Å². The summed E-state index contributed by atoms with van der Waals surface area (Å²) in [5.41, 5.74) is 7.12. The topological polar surface area (TPSA) is 75.4 Å². The minimum Gasteiger partial charge on any atom is -0.353 e. The molecular formula is C16H23N3O2. The predicted octanol–water partition coefficient (Wildman–Crippen LogP) is 1.21. The molecule has 2 amide bonds. The van der Waals surface area contributed by atoms with Crippen LogP contribution in [0.4, 0.5) is 5.69 Å². The van der Waals surface area contributed by atoms with Crippen molar-refractivity contribution in [1.29, 1.82) is 0 Å². The first kappa shape index (κ1) is 15.5. The second kappa shape index (κ2) is 6.26. The number of hydrogen-bond acceptors (Lipinski definition) is 3. The zero-order chi connectivity index (χ0) is 15.5. The standard InChI is InChI=1S/C16H23N3O2/c1-3-8-16(2,17)15(21)18-9-10-19-13-7-5-4-6-12(13)11-14(19)20/h4-7H,3,8-11,17H2,1-2H3,(H,18,21). The van der Waals surface area contributed by atoms with E-state index in [0.717, 1.165) is 17.7 Å². The van der Waals surface area contributed by atoms with Crippen LogP contribution < -0.4 is 16.0 Å². The van der Waals surface area contributed by atoms with Gasteiger partial charge in [-0.15, -0.1) is 0 Å². The second-order valence-corrected chi connectivity index (χ2v) is 5.77. The lowest BCUT2D eigenvalue weighted by molar-refractivity contribution is -0.126. The van der Waals surface area contributed by atoms with Crippen molar-refractivity contribution >= 4 is 17.5 Å². The van der Waals surface area contributed by atoms with Gasteiger partial charge in [-0.3, -0.25) is 9.59 Å². The van der Waals surface area contributed by atoms with Crippen molar-refractivity contribution < 1.29 is 9.59 Å². The molecule has 0 aliphatic carbocycles. The molecule has 0 aromatic heterocycles. The maximum atomic E-state index is 12.0. The maximum Gasteiger partial charge on any atom is 0.239 e. The largest absolute Gasteiger partial charge is 0.353 e. The molecule has 1 heterocycles. The first-order chi connectivity index (χ1) is 9.95. The van der Waals surface area contributed by atoms with Gasteiger partial charge in [0.2, 0.25) is 11.8 Å². The first-order valence-electron chi connectivity index (χ1n) is 7.41. The van der Waals surface area contributed by atoms with Gasteiger partial charge in [0, 0.05) is 18.8 Å². The molecule has 1 aromatic rings. The molecule has 0 fully saturated rings. The van der Waals surface area contributed by atoms with E-state index in [2.05, 4.69) is 5.32 Å². The summed E-state index contributed by atoms with van der Waals surface area (Å²) in [4.78, 5) is 25.7. The molecule has 1 aliphatic rings. The van der Waals surface area contributed by atoms with Crippen LogP contribution in [-0.4, -0.2) is 30.4 Å². The van der Waals surface area contributed by atoms with E-state index in [1.54, 1.807) is 11.8 Å². The Morgan fingerprint density at radius 1 is 1.43 bits per heavy atom. The third-order valence-corrected chi connectivity index (χ3v) is 3.83. The Kier molecular flexibility index (Phi) is 4.63. The van der Waals surface area contributed by atoms with Crippen LogP contribution in [0.1, 0.15) is 32.3 Å². The minimum absolute atomic E-state index is 0.0783. The fourth-order valence-electron chi connectivity index (χ4n) is 2.68. The number of carbonyl (C=O) groups excluding carboxylic acids is 2. The summed E-state index contributed by atoms with van der Waals surface area (Å²) in [6.45, 7) is 4.62. The zero-order valence-electron chi connectivity index (χ0n) is 12.7. The second-order valence-electron chi connectivity index (χ2n) is 5.77. The summed E-state index contributed by atoms with van der Waals surface area (Å²) in [5, 5.41) is 2.83. The Bertz CT molecular complexity index is 540. The Morgan fingerprint density at radius 2 is 2.14 bits per heavy atom. The summed E-state index contributed by atoms with van der Waals surface area (Å²) in [7, 11) is 0. The van der Waals surface area contributed by atoms with E-state index >= 15 is 0 Å². The molecule has 0 saturated carbocycles. The van der Waals surface area contributed by atoms with E-state index in [0.29, 0.717) is 25.9 Å². The van der Waals surface area contributed by atoms with Gasteiger partial charge in [-0.25, -0.2) is 0 Å². The van der Waals surface area contributed by atoms with Gasteiger partial charge < -0.3 is 16.0 Å². The number of nitrogens with zero attached hydrogens (tertiary/aromatic N) is 1. The number of benzene rings is 1. The summed E-state index contributed by atoms with van der Waals surface area (Å²) in [5.74, 6) is -0.0844. The van der Waals surface area contributed by atoms with Gasteiger partial charge >= 0.3 is 0 Å². The number of amides is 2. The molecule has 1 aromatic carbocycles. The number of carbonyl (C=O) groups is 2. The lowest BCUT2D eigenvalue weighted by Crippen LogP contribution is -2.52. The summed E-state index contributed by atoms with van der Waals surface area (Å²) < 4.78 is 0. The van der Waals surface area contributed by atoms with Crippen LogP contribution in [-0.2, 0) is 16.0 Å². The van der Waals surface area contributed by atoms with Gasteiger partial charge in [-0.05, 0) is 25.0 Å². The van der Waals surface area contributed by atoms with Crippen LogP contribution in [0.15, 0.2) is 24.3 Å². The van der Waals surface area contributed by atoms with Gasteiger partial charge in [-0.2, -0.15) is 0 Å². The smallest absolute Gasteiger partial charge is 0.239 e. The SMILES string of the molecule is CCCC(C)(N)C(=O)NCCN1C(=O)Cc2ccccc21. The highest BCUT2D eigenvalue weighted by Gasteiger charge is 2.29. The van der Waals surface area contributed by atoms with Crippen molar-refractivity contribution in [3.05, 3.63) is 29.8 Å². The predicted molar refractivity (Wildman–Crippen MR) is 83.0 cm³/mol. The van der Waals surface area contributed by atoms with Crippen LogP contribution in [0.2, 0.25) is 0 Å². The van der Waals surface area contributed by atoms with Crippen molar-refractivity contribution in [3.8, 4) is 0 Å². The molecule has 3 N–H and O–H groups in total. The molecular weight excluding hydrogens is 266 g/mol. The average Bonchev–Trinajstić information content (AvgIpc) is 2.75. The van der Waals surface area contributed by atoms with Gasteiger partial charge in [0.05, 0.1) is 12.0 Å². The highest BCUT2D eigenvalue weighted by molar-refractivity contribution is 6.01. The molecule has 0 saturated heterocycles. The molecule has 0 bridgehead atoms. The normalized spacial score (nSPS) is 16.5. The van der Waals surface area contributed by atoms with Crippen LogP contribution in [0.3, 0.4) is 0 Å². The molecule has 5 heteroatoms. The van der Waals surface area contributed by atoms with E-state index in [-0.39, 0.29) is 11.8 Å². The third-order valence-electron chi connectivity index (χ3n) is 3.83. The fourth-order valence-corrected chi connectivity index (χ4v) is 2.68. The Balaban J connectivity index is 1.90. The molecule has 0 radical (unpaired) electrons. The molecule has 21 heavy (non-hydrogen) atoms. The summed E-state index contributed by atoms with van der Waals surface area (Å²) in [6, 6.07) is 7.75. The number of anilines is 1. The quantitative estimate of drug-likeness (QED) is 0.826. The summed E-state index contributed by atoms with van der Waals surface area (Å²) >= 11 is 0. The summed E-state index contributed by atoms with van der Waals surface area (Å²) in [6.07, 6.45) is 1.94. The number of fused-ring (bicyclic) bond motifs is 1. The fraction of sp³-hybridized carbons (Fsp3) is 0.500. The molecule has 1 aliphatic heterocycles.